The number of nitrogens with one attached hydrogen (secondary N) is 1. The van der Waals surface area contributed by atoms with Crippen molar-refractivity contribution in [1.29, 1.82) is 0 Å². The van der Waals surface area contributed by atoms with Gasteiger partial charge in [-0.3, -0.25) is 4.79 Å². The number of oxime groups is 1. The van der Waals surface area contributed by atoms with E-state index in [1.54, 1.807) is 0 Å². The Kier molecular flexibility index (Phi) is 6.61. The molecule has 0 aliphatic rings. The average molecular weight is 243 g/mol. The van der Waals surface area contributed by atoms with Crippen molar-refractivity contribution >= 4 is 11.7 Å². The molecule has 0 aromatic carbocycles. The fourth-order valence-electron chi connectivity index (χ4n) is 2.01. The number of nitrogens with two attached hydrogens (primary N) is 1. The van der Waals surface area contributed by atoms with Gasteiger partial charge in [0.05, 0.1) is 0 Å². The van der Waals surface area contributed by atoms with Crippen LogP contribution >= 0.6 is 0 Å². The van der Waals surface area contributed by atoms with Crippen LogP contribution in [0.15, 0.2) is 5.16 Å². The topological polar surface area (TPSA) is 87.7 Å². The van der Waals surface area contributed by atoms with Crippen LogP contribution in [0, 0.1) is 5.41 Å². The molecule has 0 aliphatic carbocycles. The van der Waals surface area contributed by atoms with E-state index in [-0.39, 0.29) is 17.8 Å². The summed E-state index contributed by atoms with van der Waals surface area (Å²) in [5.74, 6) is -0.164. The molecule has 1 amide bonds. The zero-order chi connectivity index (χ0) is 13.5. The van der Waals surface area contributed by atoms with Gasteiger partial charge in [0.1, 0.15) is 5.41 Å². The van der Waals surface area contributed by atoms with Gasteiger partial charge in [0.15, 0.2) is 5.84 Å². The molecule has 5 nitrogen and oxygen atoms in total. The third kappa shape index (κ3) is 3.61. The summed E-state index contributed by atoms with van der Waals surface area (Å²) in [5.41, 5.74) is 4.77. The molecule has 0 aromatic rings. The normalized spacial score (nSPS) is 14.5. The van der Waals surface area contributed by atoms with Crippen LogP contribution in [-0.4, -0.2) is 23.0 Å². The Labute approximate surface area is 103 Å². The van der Waals surface area contributed by atoms with Crippen LogP contribution in [0.2, 0.25) is 0 Å². The number of carbonyl (C=O) groups is 1. The quantitative estimate of drug-likeness (QED) is 0.276. The van der Waals surface area contributed by atoms with Crippen molar-refractivity contribution in [1.82, 2.24) is 5.32 Å². The lowest BCUT2D eigenvalue weighted by molar-refractivity contribution is -0.128. The summed E-state index contributed by atoms with van der Waals surface area (Å²) in [4.78, 5) is 12.2. The summed E-state index contributed by atoms with van der Waals surface area (Å²) in [6, 6.07) is 0.108. The highest BCUT2D eigenvalue weighted by atomic mass is 16.4. The summed E-state index contributed by atoms with van der Waals surface area (Å²) >= 11 is 0. The second kappa shape index (κ2) is 7.14. The molecule has 1 unspecified atom stereocenters. The number of amides is 1. The monoisotopic (exact) mass is 243 g/mol. The van der Waals surface area contributed by atoms with Gasteiger partial charge >= 0.3 is 0 Å². The maximum Gasteiger partial charge on any atom is 0.234 e. The third-order valence-electron chi connectivity index (χ3n) is 3.34. The van der Waals surface area contributed by atoms with Crippen LogP contribution in [0.3, 0.4) is 0 Å². The van der Waals surface area contributed by atoms with Gasteiger partial charge < -0.3 is 16.3 Å². The maximum absolute atomic E-state index is 12.2. The third-order valence-corrected chi connectivity index (χ3v) is 3.34. The second-order valence-electron chi connectivity index (χ2n) is 4.44. The van der Waals surface area contributed by atoms with Crippen molar-refractivity contribution in [2.24, 2.45) is 16.3 Å². The molecule has 0 saturated heterocycles. The van der Waals surface area contributed by atoms with Gasteiger partial charge in [0.25, 0.3) is 0 Å². The summed E-state index contributed by atoms with van der Waals surface area (Å²) in [7, 11) is 0. The van der Waals surface area contributed by atoms with Crippen LogP contribution < -0.4 is 11.1 Å². The Hall–Kier alpha value is -1.26. The molecule has 17 heavy (non-hydrogen) atoms. The lowest BCUT2D eigenvalue weighted by Crippen LogP contribution is -2.51. The van der Waals surface area contributed by atoms with Crippen LogP contribution in [0.4, 0.5) is 0 Å². The van der Waals surface area contributed by atoms with Crippen molar-refractivity contribution in [2.75, 3.05) is 0 Å². The minimum Gasteiger partial charge on any atom is -0.409 e. The smallest absolute Gasteiger partial charge is 0.234 e. The highest BCUT2D eigenvalue weighted by Crippen LogP contribution is 2.27. The standard InChI is InChI=1S/C12H25N3O2/c1-5-8-9(4)14-11(16)12(6-2,7-3)10(13)15-17/h9,17H,5-8H2,1-4H3,(H2,13,15)(H,14,16). The molecule has 5 heteroatoms. The van der Waals surface area contributed by atoms with Crippen molar-refractivity contribution < 1.29 is 10.0 Å². The number of rotatable bonds is 7. The molecular weight excluding hydrogens is 218 g/mol. The Morgan fingerprint density at radius 2 is 1.94 bits per heavy atom. The Morgan fingerprint density at radius 1 is 1.41 bits per heavy atom. The average Bonchev–Trinajstić information content (AvgIpc) is 2.31. The van der Waals surface area contributed by atoms with E-state index in [1.807, 2.05) is 20.8 Å². The molecule has 0 bridgehead atoms. The zero-order valence-corrected chi connectivity index (χ0v) is 11.3. The first-order valence-electron chi connectivity index (χ1n) is 6.27. The lowest BCUT2D eigenvalue weighted by Gasteiger charge is -2.30. The predicted octanol–water partition coefficient (Wildman–Crippen LogP) is 1.84. The SMILES string of the molecule is CCCC(C)NC(=O)C(CC)(CC)C(N)=NO. The van der Waals surface area contributed by atoms with Gasteiger partial charge in [0, 0.05) is 6.04 Å². The number of nitrogens with zero attached hydrogens (tertiary/aromatic N) is 1. The molecule has 100 valence electrons. The molecule has 0 radical (unpaired) electrons. The van der Waals surface area contributed by atoms with Crippen molar-refractivity contribution in [3.63, 3.8) is 0 Å². The zero-order valence-electron chi connectivity index (χ0n) is 11.3. The van der Waals surface area contributed by atoms with Crippen LogP contribution in [0.5, 0.6) is 0 Å². The van der Waals surface area contributed by atoms with E-state index in [0.717, 1.165) is 12.8 Å². The molecule has 1 atom stereocenters. The van der Waals surface area contributed by atoms with E-state index in [1.165, 1.54) is 0 Å². The first-order chi connectivity index (χ1) is 7.98. The van der Waals surface area contributed by atoms with Crippen LogP contribution in [0.25, 0.3) is 0 Å². The predicted molar refractivity (Wildman–Crippen MR) is 68.9 cm³/mol. The fourth-order valence-corrected chi connectivity index (χ4v) is 2.01. The summed E-state index contributed by atoms with van der Waals surface area (Å²) in [6.45, 7) is 7.76. The minimum atomic E-state index is -0.892. The van der Waals surface area contributed by atoms with E-state index in [2.05, 4.69) is 17.4 Å². The summed E-state index contributed by atoms with van der Waals surface area (Å²) in [5, 5.41) is 14.7. The second-order valence-corrected chi connectivity index (χ2v) is 4.44. The molecule has 0 fully saturated rings. The van der Waals surface area contributed by atoms with Gasteiger partial charge in [-0.25, -0.2) is 0 Å². The molecule has 0 spiro atoms. The molecule has 4 N–H and O–H groups in total. The van der Waals surface area contributed by atoms with E-state index in [0.29, 0.717) is 12.8 Å². The molecule has 0 saturated carbocycles. The lowest BCUT2D eigenvalue weighted by atomic mass is 9.80. The maximum atomic E-state index is 12.2. The highest BCUT2D eigenvalue weighted by molar-refractivity contribution is 6.06. The Balaban J connectivity index is 4.89. The molecule has 0 aliphatic heterocycles. The van der Waals surface area contributed by atoms with Gasteiger partial charge in [-0.15, -0.1) is 0 Å². The van der Waals surface area contributed by atoms with E-state index >= 15 is 0 Å². The van der Waals surface area contributed by atoms with E-state index in [9.17, 15) is 4.79 Å². The summed E-state index contributed by atoms with van der Waals surface area (Å²) < 4.78 is 0. The number of hydrogen-bond acceptors (Lipinski definition) is 3. The molecule has 0 rings (SSSR count). The number of hydrogen-bond donors (Lipinski definition) is 3. The van der Waals surface area contributed by atoms with Gasteiger partial charge in [-0.1, -0.05) is 32.3 Å². The minimum absolute atomic E-state index is 0.0105. The van der Waals surface area contributed by atoms with Crippen molar-refractivity contribution in [3.05, 3.63) is 0 Å². The fraction of sp³-hybridized carbons (Fsp3) is 0.833. The molecule has 0 heterocycles. The Morgan fingerprint density at radius 3 is 2.29 bits per heavy atom. The van der Waals surface area contributed by atoms with Crippen molar-refractivity contribution in [2.45, 2.75) is 59.4 Å². The van der Waals surface area contributed by atoms with Crippen LogP contribution in [0.1, 0.15) is 53.4 Å². The number of carbonyl (C=O) groups excluding carboxylic acids is 1. The van der Waals surface area contributed by atoms with E-state index in [4.69, 9.17) is 10.9 Å². The highest BCUT2D eigenvalue weighted by Gasteiger charge is 2.40. The largest absolute Gasteiger partial charge is 0.409 e. The number of amidine groups is 1. The Bertz CT molecular complexity index is 273. The first kappa shape index (κ1) is 15.7. The van der Waals surface area contributed by atoms with Gasteiger partial charge in [-0.2, -0.15) is 0 Å². The van der Waals surface area contributed by atoms with E-state index < -0.39 is 5.41 Å². The summed E-state index contributed by atoms with van der Waals surface area (Å²) in [6.07, 6.45) is 2.97. The molecular formula is C12H25N3O2. The van der Waals surface area contributed by atoms with Gasteiger partial charge in [-0.05, 0) is 26.2 Å². The van der Waals surface area contributed by atoms with Gasteiger partial charge in [0.2, 0.25) is 5.91 Å². The first-order valence-corrected chi connectivity index (χ1v) is 6.27. The van der Waals surface area contributed by atoms with Crippen LogP contribution in [-0.2, 0) is 4.79 Å². The molecule has 0 aromatic heterocycles. The van der Waals surface area contributed by atoms with Crippen molar-refractivity contribution in [3.8, 4) is 0 Å².